The van der Waals surface area contributed by atoms with Gasteiger partial charge in [0, 0.05) is 12.4 Å². The summed E-state index contributed by atoms with van der Waals surface area (Å²) in [7, 11) is 0. The minimum absolute atomic E-state index is 0.108. The van der Waals surface area contributed by atoms with Crippen LogP contribution in [-0.2, 0) is 6.54 Å². The van der Waals surface area contributed by atoms with Crippen LogP contribution in [0.25, 0.3) is 0 Å². The van der Waals surface area contributed by atoms with Crippen molar-refractivity contribution in [3.8, 4) is 0 Å². The topological polar surface area (TPSA) is 85.8 Å². The molecule has 0 amide bonds. The van der Waals surface area contributed by atoms with Crippen LogP contribution >= 0.6 is 15.9 Å². The van der Waals surface area contributed by atoms with Gasteiger partial charge in [0.05, 0.1) is 6.54 Å². The number of nitrogens with zero attached hydrogens (tertiary/aromatic N) is 3. The number of hydrogen-bond donors (Lipinski definition) is 2. The molecule has 0 fully saturated rings. The third-order valence-corrected chi connectivity index (χ3v) is 3.06. The first-order chi connectivity index (χ1) is 8.61. The number of rotatable bonds is 3. The van der Waals surface area contributed by atoms with Gasteiger partial charge in [-0.3, -0.25) is 9.36 Å². The molecule has 6 nitrogen and oxygen atoms in total. The Morgan fingerprint density at radius 1 is 1.39 bits per heavy atom. The van der Waals surface area contributed by atoms with Crippen molar-refractivity contribution < 1.29 is 0 Å². The second kappa shape index (κ2) is 5.28. The average molecular weight is 310 g/mol. The number of nitrogens with one attached hydrogen (secondary N) is 1. The van der Waals surface area contributed by atoms with E-state index in [4.69, 9.17) is 5.84 Å². The smallest absolute Gasteiger partial charge is 0.268 e. The molecule has 7 heteroatoms. The van der Waals surface area contributed by atoms with Crippen molar-refractivity contribution in [3.63, 3.8) is 0 Å². The van der Waals surface area contributed by atoms with E-state index in [1.807, 2.05) is 6.07 Å². The molecular weight excluding hydrogens is 298 g/mol. The van der Waals surface area contributed by atoms with Gasteiger partial charge in [-0.25, -0.2) is 15.8 Å². The second-order valence-electron chi connectivity index (χ2n) is 3.74. The van der Waals surface area contributed by atoms with Crippen LogP contribution in [0.2, 0.25) is 0 Å². The van der Waals surface area contributed by atoms with Gasteiger partial charge in [0.15, 0.2) is 0 Å². The Balaban J connectivity index is 2.33. The Labute approximate surface area is 112 Å². The van der Waals surface area contributed by atoms with Crippen LogP contribution in [-0.4, -0.2) is 14.5 Å². The zero-order valence-corrected chi connectivity index (χ0v) is 11.3. The lowest BCUT2D eigenvalue weighted by atomic mass is 10.2. The quantitative estimate of drug-likeness (QED) is 0.653. The van der Waals surface area contributed by atoms with E-state index < -0.39 is 0 Å². The molecule has 2 rings (SSSR count). The average Bonchev–Trinajstić information content (AvgIpc) is 2.40. The summed E-state index contributed by atoms with van der Waals surface area (Å²) >= 11 is 3.18. The molecule has 0 bridgehead atoms. The SMILES string of the molecule is Cc1ncc(Br)c(=O)n1Cc1ccc(NN)nc1. The highest BCUT2D eigenvalue weighted by Gasteiger charge is 2.06. The fraction of sp³-hybridized carbons (Fsp3) is 0.182. The molecule has 0 saturated heterocycles. The maximum atomic E-state index is 11.9. The molecule has 0 atom stereocenters. The Morgan fingerprint density at radius 2 is 2.17 bits per heavy atom. The molecule has 94 valence electrons. The third-order valence-electron chi connectivity index (χ3n) is 2.52. The number of halogens is 1. The number of nitrogens with two attached hydrogens (primary N) is 1. The first-order valence-electron chi connectivity index (χ1n) is 5.25. The van der Waals surface area contributed by atoms with E-state index in [9.17, 15) is 4.79 Å². The van der Waals surface area contributed by atoms with E-state index in [-0.39, 0.29) is 5.56 Å². The van der Waals surface area contributed by atoms with E-state index in [0.717, 1.165) is 5.56 Å². The molecule has 0 unspecified atom stereocenters. The highest BCUT2D eigenvalue weighted by Crippen LogP contribution is 2.07. The fourth-order valence-corrected chi connectivity index (χ4v) is 1.84. The summed E-state index contributed by atoms with van der Waals surface area (Å²) in [6.45, 7) is 2.21. The standard InChI is InChI=1S/C11H12BrN5O/c1-7-14-5-9(12)11(18)17(7)6-8-2-3-10(16-13)15-4-8/h2-5H,6,13H2,1H3,(H,15,16). The van der Waals surface area contributed by atoms with Gasteiger partial charge in [0.2, 0.25) is 0 Å². The first kappa shape index (κ1) is 12.7. The minimum Gasteiger partial charge on any atom is -0.308 e. The lowest BCUT2D eigenvalue weighted by Crippen LogP contribution is -2.24. The predicted octanol–water partition coefficient (Wildman–Crippen LogP) is 1.04. The van der Waals surface area contributed by atoms with E-state index in [0.29, 0.717) is 22.7 Å². The molecule has 2 aromatic rings. The molecule has 2 aromatic heterocycles. The van der Waals surface area contributed by atoms with Crippen LogP contribution < -0.4 is 16.8 Å². The van der Waals surface area contributed by atoms with Gasteiger partial charge in [0.25, 0.3) is 5.56 Å². The molecule has 0 aliphatic carbocycles. The summed E-state index contributed by atoms with van der Waals surface area (Å²) < 4.78 is 2.03. The molecule has 0 saturated carbocycles. The minimum atomic E-state index is -0.108. The van der Waals surface area contributed by atoms with Crippen molar-refractivity contribution in [1.29, 1.82) is 0 Å². The molecule has 18 heavy (non-hydrogen) atoms. The first-order valence-corrected chi connectivity index (χ1v) is 6.04. The van der Waals surface area contributed by atoms with Gasteiger partial charge in [-0.2, -0.15) is 0 Å². The lowest BCUT2D eigenvalue weighted by molar-refractivity contribution is 0.693. The summed E-state index contributed by atoms with van der Waals surface area (Å²) in [5, 5.41) is 0. The van der Waals surface area contributed by atoms with Gasteiger partial charge >= 0.3 is 0 Å². The molecule has 0 spiro atoms. The molecule has 0 aromatic carbocycles. The normalized spacial score (nSPS) is 10.4. The van der Waals surface area contributed by atoms with Crippen LogP contribution in [0.3, 0.4) is 0 Å². The Morgan fingerprint density at radius 3 is 2.78 bits per heavy atom. The van der Waals surface area contributed by atoms with Gasteiger partial charge in [-0.1, -0.05) is 6.07 Å². The Kier molecular flexibility index (Phi) is 3.73. The van der Waals surface area contributed by atoms with Crippen LogP contribution in [0.1, 0.15) is 11.4 Å². The fourth-order valence-electron chi connectivity index (χ4n) is 1.52. The van der Waals surface area contributed by atoms with E-state index in [1.54, 1.807) is 23.8 Å². The van der Waals surface area contributed by atoms with E-state index in [1.165, 1.54) is 6.20 Å². The van der Waals surface area contributed by atoms with Gasteiger partial charge in [-0.05, 0) is 34.5 Å². The number of hydrogen-bond acceptors (Lipinski definition) is 5. The number of anilines is 1. The maximum absolute atomic E-state index is 11.9. The summed E-state index contributed by atoms with van der Waals surface area (Å²) in [4.78, 5) is 20.2. The summed E-state index contributed by atoms with van der Waals surface area (Å²) in [5.41, 5.74) is 3.24. The zero-order valence-electron chi connectivity index (χ0n) is 9.72. The Bertz CT molecular complexity index is 608. The van der Waals surface area contributed by atoms with E-state index >= 15 is 0 Å². The van der Waals surface area contributed by atoms with Crippen LogP contribution in [0.15, 0.2) is 33.8 Å². The monoisotopic (exact) mass is 309 g/mol. The van der Waals surface area contributed by atoms with Crippen LogP contribution in [0.5, 0.6) is 0 Å². The highest BCUT2D eigenvalue weighted by atomic mass is 79.9. The second-order valence-corrected chi connectivity index (χ2v) is 4.60. The summed E-state index contributed by atoms with van der Waals surface area (Å²) in [5.74, 6) is 6.47. The zero-order chi connectivity index (χ0) is 13.1. The van der Waals surface area contributed by atoms with Crippen LogP contribution in [0, 0.1) is 6.92 Å². The lowest BCUT2D eigenvalue weighted by Gasteiger charge is -2.09. The van der Waals surface area contributed by atoms with Crippen molar-refractivity contribution in [1.82, 2.24) is 14.5 Å². The summed E-state index contributed by atoms with van der Waals surface area (Å²) in [6.07, 6.45) is 3.18. The molecular formula is C11H12BrN5O. The van der Waals surface area contributed by atoms with Crippen molar-refractivity contribution in [2.45, 2.75) is 13.5 Å². The number of nitrogen functional groups attached to an aromatic ring is 1. The molecule has 0 aliphatic rings. The van der Waals surface area contributed by atoms with Crippen LogP contribution in [0.4, 0.5) is 5.82 Å². The van der Waals surface area contributed by atoms with Gasteiger partial charge in [-0.15, -0.1) is 0 Å². The third kappa shape index (κ3) is 2.57. The molecule has 2 heterocycles. The Hall–Kier alpha value is -1.73. The largest absolute Gasteiger partial charge is 0.308 e. The predicted molar refractivity (Wildman–Crippen MR) is 72.1 cm³/mol. The van der Waals surface area contributed by atoms with E-state index in [2.05, 4.69) is 31.3 Å². The molecule has 0 aliphatic heterocycles. The van der Waals surface area contributed by atoms with Crippen molar-refractivity contribution in [3.05, 3.63) is 50.7 Å². The molecule has 0 radical (unpaired) electrons. The van der Waals surface area contributed by atoms with Crippen molar-refractivity contribution in [2.24, 2.45) is 5.84 Å². The molecule has 3 N–H and O–H groups in total. The van der Waals surface area contributed by atoms with Crippen molar-refractivity contribution in [2.75, 3.05) is 5.43 Å². The number of aryl methyl sites for hydroxylation is 1. The van der Waals surface area contributed by atoms with Gasteiger partial charge in [0.1, 0.15) is 16.1 Å². The number of aromatic nitrogens is 3. The van der Waals surface area contributed by atoms with Crippen molar-refractivity contribution >= 4 is 21.7 Å². The maximum Gasteiger partial charge on any atom is 0.268 e. The number of pyridine rings is 1. The summed E-state index contributed by atoms with van der Waals surface area (Å²) in [6, 6.07) is 3.61. The number of hydrazine groups is 1. The highest BCUT2D eigenvalue weighted by molar-refractivity contribution is 9.10. The van der Waals surface area contributed by atoms with Gasteiger partial charge < -0.3 is 5.43 Å².